The first-order valence-corrected chi connectivity index (χ1v) is 7.77. The summed E-state index contributed by atoms with van der Waals surface area (Å²) in [6.45, 7) is 6.39. The van der Waals surface area contributed by atoms with Gasteiger partial charge in [-0.15, -0.1) is 0 Å². The number of rotatable bonds is 3. The molecule has 3 aliphatic rings. The monoisotopic (exact) mass is 282 g/mol. The van der Waals surface area contributed by atoms with E-state index >= 15 is 0 Å². The summed E-state index contributed by atoms with van der Waals surface area (Å²) in [6.07, 6.45) is 11.6. The van der Waals surface area contributed by atoms with Gasteiger partial charge < -0.3 is 0 Å². The summed E-state index contributed by atoms with van der Waals surface area (Å²) in [5.74, 6) is 0.315. The molecule has 4 atom stereocenters. The molecule has 3 aliphatic carbocycles. The zero-order chi connectivity index (χ0) is 15.1. The number of carbonyl (C=O) groups is 2. The lowest BCUT2D eigenvalue weighted by molar-refractivity contribution is -0.129. The highest BCUT2D eigenvalue weighted by Gasteiger charge is 2.54. The van der Waals surface area contributed by atoms with Crippen LogP contribution in [-0.2, 0) is 9.59 Å². The molecule has 1 fully saturated rings. The molecule has 0 heterocycles. The minimum Gasteiger partial charge on any atom is -0.294 e. The SMILES string of the molecule is CC(C)=CCCC(C)=C1[C@H]2C=C[C@@H]1[C@@H]1C(=O)C=CC(=O)[C@@H]12. The van der Waals surface area contributed by atoms with E-state index in [4.69, 9.17) is 0 Å². The van der Waals surface area contributed by atoms with Crippen molar-refractivity contribution >= 4 is 11.6 Å². The molecular weight excluding hydrogens is 260 g/mol. The molecule has 0 radical (unpaired) electrons. The minimum absolute atomic E-state index is 0.131. The summed E-state index contributed by atoms with van der Waals surface area (Å²) in [7, 11) is 0. The smallest absolute Gasteiger partial charge is 0.160 e. The van der Waals surface area contributed by atoms with Crippen LogP contribution >= 0.6 is 0 Å². The summed E-state index contributed by atoms with van der Waals surface area (Å²) in [4.78, 5) is 24.4. The van der Waals surface area contributed by atoms with Gasteiger partial charge in [0.1, 0.15) is 0 Å². The van der Waals surface area contributed by atoms with Gasteiger partial charge in [-0.3, -0.25) is 9.59 Å². The number of hydrogen-bond acceptors (Lipinski definition) is 2. The van der Waals surface area contributed by atoms with E-state index in [1.54, 1.807) is 0 Å². The molecule has 1 saturated carbocycles. The van der Waals surface area contributed by atoms with E-state index in [9.17, 15) is 9.59 Å². The van der Waals surface area contributed by atoms with Crippen molar-refractivity contribution in [2.24, 2.45) is 23.7 Å². The van der Waals surface area contributed by atoms with Gasteiger partial charge in [0.05, 0.1) is 0 Å². The molecule has 2 heteroatoms. The van der Waals surface area contributed by atoms with E-state index in [0.29, 0.717) is 0 Å². The maximum atomic E-state index is 12.2. The number of allylic oxidation sites excluding steroid dienone is 8. The fourth-order valence-electron chi connectivity index (χ4n) is 4.13. The van der Waals surface area contributed by atoms with E-state index in [1.165, 1.54) is 28.9 Å². The second-order valence-corrected chi connectivity index (χ2v) is 6.68. The molecule has 2 bridgehead atoms. The molecule has 110 valence electrons. The lowest BCUT2D eigenvalue weighted by atomic mass is 9.75. The Hall–Kier alpha value is -1.70. The van der Waals surface area contributed by atoms with Crippen LogP contribution in [0.4, 0.5) is 0 Å². The van der Waals surface area contributed by atoms with Gasteiger partial charge in [-0.2, -0.15) is 0 Å². The maximum absolute atomic E-state index is 12.2. The average Bonchev–Trinajstić information content (AvgIpc) is 2.99. The standard InChI is InChI=1S/C19H22O2/c1-11(2)5-4-6-12(3)17-13-7-8-14(17)19-16(21)10-9-15(20)18(13)19/h5,7-10,13-14,18-19H,4,6H2,1-3H3/t13-,14+,18+,19-. The van der Waals surface area contributed by atoms with Crippen LogP contribution in [0.3, 0.4) is 0 Å². The molecule has 0 aromatic heterocycles. The summed E-state index contributed by atoms with van der Waals surface area (Å²) in [5.41, 5.74) is 4.04. The molecule has 0 saturated heterocycles. The number of fused-ring (bicyclic) bond motifs is 5. The summed E-state index contributed by atoms with van der Waals surface area (Å²) < 4.78 is 0. The summed E-state index contributed by atoms with van der Waals surface area (Å²) >= 11 is 0. The van der Waals surface area contributed by atoms with Crippen LogP contribution in [0.5, 0.6) is 0 Å². The fourth-order valence-corrected chi connectivity index (χ4v) is 4.13. The van der Waals surface area contributed by atoms with Crippen LogP contribution < -0.4 is 0 Å². The summed E-state index contributed by atoms with van der Waals surface area (Å²) in [6, 6.07) is 0. The van der Waals surface area contributed by atoms with Gasteiger partial charge in [-0.05, 0) is 45.8 Å². The van der Waals surface area contributed by atoms with Gasteiger partial charge in [-0.25, -0.2) is 0 Å². The Kier molecular flexibility index (Phi) is 3.56. The third-order valence-electron chi connectivity index (χ3n) is 5.04. The van der Waals surface area contributed by atoms with Gasteiger partial charge >= 0.3 is 0 Å². The van der Waals surface area contributed by atoms with Crippen LogP contribution in [0.25, 0.3) is 0 Å². The van der Waals surface area contributed by atoms with Gasteiger partial charge in [-0.1, -0.05) is 34.9 Å². The van der Waals surface area contributed by atoms with E-state index in [-0.39, 0.29) is 35.2 Å². The molecule has 3 rings (SSSR count). The molecule has 0 aromatic rings. The number of hydrogen-bond donors (Lipinski definition) is 0. The second-order valence-electron chi connectivity index (χ2n) is 6.68. The lowest BCUT2D eigenvalue weighted by Crippen LogP contribution is -2.34. The average molecular weight is 282 g/mol. The van der Waals surface area contributed by atoms with Crippen LogP contribution in [0.2, 0.25) is 0 Å². The lowest BCUT2D eigenvalue weighted by Gasteiger charge is -2.25. The Bertz CT molecular complexity index is 575. The highest BCUT2D eigenvalue weighted by atomic mass is 16.1. The van der Waals surface area contributed by atoms with Crippen molar-refractivity contribution in [3.8, 4) is 0 Å². The highest BCUT2D eigenvalue weighted by Crippen LogP contribution is 2.55. The third kappa shape index (κ3) is 2.27. The first-order valence-electron chi connectivity index (χ1n) is 7.77. The van der Waals surface area contributed by atoms with Crippen molar-refractivity contribution in [2.45, 2.75) is 33.6 Å². The Morgan fingerprint density at radius 1 is 1.00 bits per heavy atom. The minimum atomic E-state index is -0.133. The molecular formula is C19H22O2. The quantitative estimate of drug-likeness (QED) is 0.738. The van der Waals surface area contributed by atoms with Crippen LogP contribution in [0.15, 0.2) is 47.1 Å². The van der Waals surface area contributed by atoms with Gasteiger partial charge in [0.15, 0.2) is 11.6 Å². The molecule has 0 aromatic carbocycles. The van der Waals surface area contributed by atoms with Crippen LogP contribution in [0.1, 0.15) is 33.6 Å². The number of ketones is 2. The van der Waals surface area contributed by atoms with E-state index in [1.807, 2.05) is 0 Å². The molecule has 2 nitrogen and oxygen atoms in total. The topological polar surface area (TPSA) is 34.1 Å². The van der Waals surface area contributed by atoms with Crippen molar-refractivity contribution in [3.05, 3.63) is 47.1 Å². The van der Waals surface area contributed by atoms with Crippen molar-refractivity contribution in [2.75, 3.05) is 0 Å². The van der Waals surface area contributed by atoms with Gasteiger partial charge in [0.25, 0.3) is 0 Å². The van der Waals surface area contributed by atoms with E-state index in [2.05, 4.69) is 39.0 Å². The Morgan fingerprint density at radius 3 is 2.00 bits per heavy atom. The Labute approximate surface area is 126 Å². The first-order chi connectivity index (χ1) is 10.0. The maximum Gasteiger partial charge on any atom is 0.160 e. The Morgan fingerprint density at radius 2 is 1.52 bits per heavy atom. The molecule has 0 spiro atoms. The normalized spacial score (nSPS) is 35.2. The zero-order valence-electron chi connectivity index (χ0n) is 12.9. The van der Waals surface area contributed by atoms with Crippen molar-refractivity contribution in [1.29, 1.82) is 0 Å². The van der Waals surface area contributed by atoms with Crippen molar-refractivity contribution in [3.63, 3.8) is 0 Å². The molecule has 0 amide bonds. The molecule has 0 aliphatic heterocycles. The largest absolute Gasteiger partial charge is 0.294 e. The number of carbonyl (C=O) groups excluding carboxylic acids is 2. The van der Waals surface area contributed by atoms with Crippen molar-refractivity contribution < 1.29 is 9.59 Å². The zero-order valence-corrected chi connectivity index (χ0v) is 12.9. The second kappa shape index (κ2) is 5.25. The highest BCUT2D eigenvalue weighted by molar-refractivity contribution is 6.09. The van der Waals surface area contributed by atoms with E-state index < -0.39 is 0 Å². The van der Waals surface area contributed by atoms with Crippen molar-refractivity contribution in [1.82, 2.24) is 0 Å². The van der Waals surface area contributed by atoms with Crippen LogP contribution in [0, 0.1) is 23.7 Å². The van der Waals surface area contributed by atoms with E-state index in [0.717, 1.165) is 12.8 Å². The predicted octanol–water partition coefficient (Wildman–Crippen LogP) is 3.81. The fraction of sp³-hybridized carbons (Fsp3) is 0.474. The molecule has 0 unspecified atom stereocenters. The first kappa shape index (κ1) is 14.2. The van der Waals surface area contributed by atoms with Gasteiger partial charge in [0.2, 0.25) is 0 Å². The molecule has 0 N–H and O–H groups in total. The molecule has 21 heavy (non-hydrogen) atoms. The Balaban J connectivity index is 1.89. The predicted molar refractivity (Wildman–Crippen MR) is 83.6 cm³/mol. The van der Waals surface area contributed by atoms with Gasteiger partial charge in [0, 0.05) is 23.7 Å². The third-order valence-corrected chi connectivity index (χ3v) is 5.04. The van der Waals surface area contributed by atoms with Crippen LogP contribution in [-0.4, -0.2) is 11.6 Å². The summed E-state index contributed by atoms with van der Waals surface area (Å²) in [5, 5.41) is 0.